The van der Waals surface area contributed by atoms with Crippen LogP contribution in [0.3, 0.4) is 0 Å². The van der Waals surface area contributed by atoms with E-state index in [-0.39, 0.29) is 0 Å². The third kappa shape index (κ3) is 5.69. The second-order valence-electron chi connectivity index (χ2n) is 4.33. The van der Waals surface area contributed by atoms with Gasteiger partial charge < -0.3 is 19.5 Å². The largest absolute Gasteiger partial charge is 0.493 e. The summed E-state index contributed by atoms with van der Waals surface area (Å²) in [5.41, 5.74) is 1.17. The molecular formula is C15H24BrNO3. The molecule has 0 unspecified atom stereocenters. The number of hydrogen-bond donors (Lipinski definition) is 1. The lowest BCUT2D eigenvalue weighted by Gasteiger charge is -2.14. The summed E-state index contributed by atoms with van der Waals surface area (Å²) in [7, 11) is 1.65. The van der Waals surface area contributed by atoms with Crippen molar-refractivity contribution in [3.63, 3.8) is 0 Å². The zero-order valence-corrected chi connectivity index (χ0v) is 14.1. The van der Waals surface area contributed by atoms with Gasteiger partial charge >= 0.3 is 0 Å². The summed E-state index contributed by atoms with van der Waals surface area (Å²) in [6.45, 7) is 7.73. The van der Waals surface area contributed by atoms with E-state index < -0.39 is 0 Å². The van der Waals surface area contributed by atoms with Crippen molar-refractivity contribution >= 4 is 15.9 Å². The molecule has 1 aromatic carbocycles. The van der Waals surface area contributed by atoms with E-state index in [1.807, 2.05) is 13.0 Å². The molecule has 0 heterocycles. The summed E-state index contributed by atoms with van der Waals surface area (Å²) in [6, 6.07) is 4.06. The van der Waals surface area contributed by atoms with E-state index in [9.17, 15) is 0 Å². The topological polar surface area (TPSA) is 39.7 Å². The average molecular weight is 346 g/mol. The molecule has 20 heavy (non-hydrogen) atoms. The number of rotatable bonds is 10. The lowest BCUT2D eigenvalue weighted by Crippen LogP contribution is -2.14. The Balaban J connectivity index is 2.69. The second kappa shape index (κ2) is 10.0. The average Bonchev–Trinajstić information content (AvgIpc) is 2.45. The van der Waals surface area contributed by atoms with E-state index in [4.69, 9.17) is 14.2 Å². The van der Waals surface area contributed by atoms with Crippen LogP contribution in [0.4, 0.5) is 0 Å². The van der Waals surface area contributed by atoms with Crippen LogP contribution >= 0.6 is 15.9 Å². The Hall–Kier alpha value is -0.780. The normalized spacial score (nSPS) is 10.6. The van der Waals surface area contributed by atoms with Gasteiger partial charge in [0, 0.05) is 13.2 Å². The number of nitrogens with one attached hydrogen (secondary N) is 1. The summed E-state index contributed by atoms with van der Waals surface area (Å²) < 4.78 is 17.3. The molecule has 0 aliphatic carbocycles. The van der Waals surface area contributed by atoms with E-state index in [1.165, 1.54) is 5.56 Å². The molecule has 0 radical (unpaired) electrons. The van der Waals surface area contributed by atoms with Crippen LogP contribution < -0.4 is 14.8 Å². The van der Waals surface area contributed by atoms with Crippen molar-refractivity contribution in [2.24, 2.45) is 0 Å². The van der Waals surface area contributed by atoms with Gasteiger partial charge in [0.15, 0.2) is 11.5 Å². The van der Waals surface area contributed by atoms with Gasteiger partial charge in [-0.2, -0.15) is 0 Å². The van der Waals surface area contributed by atoms with Gasteiger partial charge in [-0.25, -0.2) is 0 Å². The van der Waals surface area contributed by atoms with E-state index in [1.54, 1.807) is 7.11 Å². The van der Waals surface area contributed by atoms with Crippen molar-refractivity contribution in [2.75, 3.05) is 33.5 Å². The maximum absolute atomic E-state index is 5.72. The molecule has 5 heteroatoms. The number of ether oxygens (including phenoxy) is 3. The predicted molar refractivity (Wildman–Crippen MR) is 84.7 cm³/mol. The van der Waals surface area contributed by atoms with Gasteiger partial charge in [0.25, 0.3) is 0 Å². The van der Waals surface area contributed by atoms with Gasteiger partial charge in [-0.3, -0.25) is 0 Å². The van der Waals surface area contributed by atoms with Gasteiger partial charge in [0.2, 0.25) is 0 Å². The smallest absolute Gasteiger partial charge is 0.175 e. The van der Waals surface area contributed by atoms with Crippen LogP contribution in [0.2, 0.25) is 0 Å². The third-order valence-electron chi connectivity index (χ3n) is 2.72. The van der Waals surface area contributed by atoms with Crippen LogP contribution in [0.1, 0.15) is 25.8 Å². The zero-order valence-electron chi connectivity index (χ0n) is 12.5. The molecule has 0 aliphatic rings. The minimum atomic E-state index is 0.510. The van der Waals surface area contributed by atoms with Crippen molar-refractivity contribution in [1.29, 1.82) is 0 Å². The molecular weight excluding hydrogens is 322 g/mol. The third-order valence-corrected chi connectivity index (χ3v) is 3.31. The van der Waals surface area contributed by atoms with E-state index in [0.29, 0.717) is 19.8 Å². The molecule has 4 nitrogen and oxygen atoms in total. The highest BCUT2D eigenvalue weighted by Crippen LogP contribution is 2.36. The van der Waals surface area contributed by atoms with Gasteiger partial charge in [0.05, 0.1) is 18.2 Å². The van der Waals surface area contributed by atoms with Crippen LogP contribution in [0, 0.1) is 0 Å². The first-order valence-electron chi connectivity index (χ1n) is 7.00. The Bertz CT molecular complexity index is 399. The Morgan fingerprint density at radius 1 is 1.20 bits per heavy atom. The minimum Gasteiger partial charge on any atom is -0.493 e. The molecule has 1 N–H and O–H groups in total. The second-order valence-corrected chi connectivity index (χ2v) is 5.19. The first-order valence-corrected chi connectivity index (χ1v) is 7.79. The summed E-state index contributed by atoms with van der Waals surface area (Å²) in [5.74, 6) is 1.47. The SMILES string of the molecule is CCCNCc1cc(Br)c(OCCOCC)c(OC)c1. The predicted octanol–water partition coefficient (Wildman–Crippen LogP) is 3.37. The molecule has 0 aromatic heterocycles. The molecule has 0 atom stereocenters. The van der Waals surface area contributed by atoms with Gasteiger partial charge in [-0.1, -0.05) is 6.92 Å². The fourth-order valence-corrected chi connectivity index (χ4v) is 2.38. The Kier molecular flexibility index (Phi) is 8.65. The quantitative estimate of drug-likeness (QED) is 0.660. The van der Waals surface area contributed by atoms with Crippen molar-refractivity contribution in [2.45, 2.75) is 26.8 Å². The highest BCUT2D eigenvalue weighted by molar-refractivity contribution is 9.10. The standard InChI is InChI=1S/C15H24BrNO3/c1-4-6-17-11-12-9-13(16)15(14(10-12)18-3)20-8-7-19-5-2/h9-10,17H,4-8,11H2,1-3H3. The van der Waals surface area contributed by atoms with Gasteiger partial charge in [-0.15, -0.1) is 0 Å². The molecule has 0 saturated heterocycles. The molecule has 0 amide bonds. The van der Waals surface area contributed by atoms with Crippen molar-refractivity contribution in [3.05, 3.63) is 22.2 Å². The van der Waals surface area contributed by atoms with E-state index in [2.05, 4.69) is 34.2 Å². The first-order chi connectivity index (χ1) is 9.72. The molecule has 0 fully saturated rings. The number of halogens is 1. The lowest BCUT2D eigenvalue weighted by molar-refractivity contribution is 0.108. The van der Waals surface area contributed by atoms with Crippen LogP contribution in [0.15, 0.2) is 16.6 Å². The molecule has 1 rings (SSSR count). The number of hydrogen-bond acceptors (Lipinski definition) is 4. The van der Waals surface area contributed by atoms with Crippen LogP contribution in [0.25, 0.3) is 0 Å². The summed E-state index contributed by atoms with van der Waals surface area (Å²) in [5, 5.41) is 3.37. The summed E-state index contributed by atoms with van der Waals surface area (Å²) in [6.07, 6.45) is 1.12. The van der Waals surface area contributed by atoms with Crippen molar-refractivity contribution < 1.29 is 14.2 Å². The van der Waals surface area contributed by atoms with Crippen molar-refractivity contribution in [3.8, 4) is 11.5 Å². The molecule has 0 saturated carbocycles. The van der Waals surface area contributed by atoms with Gasteiger partial charge in [-0.05, 0) is 53.5 Å². The van der Waals surface area contributed by atoms with Crippen LogP contribution in [-0.4, -0.2) is 33.5 Å². The van der Waals surface area contributed by atoms with E-state index in [0.717, 1.165) is 35.5 Å². The highest BCUT2D eigenvalue weighted by atomic mass is 79.9. The summed E-state index contributed by atoms with van der Waals surface area (Å²) in [4.78, 5) is 0. The van der Waals surface area contributed by atoms with E-state index >= 15 is 0 Å². The number of methoxy groups -OCH3 is 1. The minimum absolute atomic E-state index is 0.510. The molecule has 0 bridgehead atoms. The fourth-order valence-electron chi connectivity index (χ4n) is 1.77. The van der Waals surface area contributed by atoms with Crippen molar-refractivity contribution in [1.82, 2.24) is 5.32 Å². The summed E-state index contributed by atoms with van der Waals surface area (Å²) >= 11 is 3.54. The molecule has 114 valence electrons. The first kappa shape index (κ1) is 17.3. The maximum atomic E-state index is 5.72. The Labute approximate surface area is 129 Å². The molecule has 0 spiro atoms. The highest BCUT2D eigenvalue weighted by Gasteiger charge is 2.11. The number of benzene rings is 1. The molecule has 1 aromatic rings. The van der Waals surface area contributed by atoms with Crippen LogP contribution in [0.5, 0.6) is 11.5 Å². The maximum Gasteiger partial charge on any atom is 0.175 e. The van der Waals surface area contributed by atoms with Crippen LogP contribution in [-0.2, 0) is 11.3 Å². The Morgan fingerprint density at radius 2 is 2.00 bits per heavy atom. The lowest BCUT2D eigenvalue weighted by atomic mass is 10.2. The van der Waals surface area contributed by atoms with Gasteiger partial charge in [0.1, 0.15) is 6.61 Å². The monoisotopic (exact) mass is 345 g/mol. The Morgan fingerprint density at radius 3 is 2.65 bits per heavy atom. The zero-order chi connectivity index (χ0) is 14.8. The molecule has 0 aliphatic heterocycles. The fraction of sp³-hybridized carbons (Fsp3) is 0.600.